The predicted octanol–water partition coefficient (Wildman–Crippen LogP) is 1.74. The van der Waals surface area contributed by atoms with E-state index in [1.54, 1.807) is 24.3 Å². The number of benzene rings is 1. The molecule has 1 heterocycles. The Kier molecular flexibility index (Phi) is 4.42. The molecule has 0 radical (unpaired) electrons. The van der Waals surface area contributed by atoms with Gasteiger partial charge in [0, 0.05) is 5.56 Å². The molecule has 2 saturated carbocycles. The number of nitrogens with zero attached hydrogens (tertiary/aromatic N) is 1. The number of β-amino-alcohol motifs (C(OH)–C–C–N with tert-alkyl or cyclic N) is 1. The van der Waals surface area contributed by atoms with Gasteiger partial charge in [0.15, 0.2) is 5.78 Å². The van der Waals surface area contributed by atoms with Crippen LogP contribution in [0, 0.1) is 11.8 Å². The summed E-state index contributed by atoms with van der Waals surface area (Å²) in [5.41, 5.74) is -0.154. The number of imide groups is 1. The van der Waals surface area contributed by atoms with Crippen LogP contribution in [0.1, 0.15) is 43.0 Å². The van der Waals surface area contributed by atoms with Gasteiger partial charge in [0.05, 0.1) is 6.54 Å². The molecule has 2 aliphatic carbocycles. The lowest BCUT2D eigenvalue weighted by Gasteiger charge is -2.27. The minimum atomic E-state index is -0.985. The normalized spacial score (nSPS) is 22.5. The number of urea groups is 1. The molecule has 0 aromatic heterocycles. The van der Waals surface area contributed by atoms with Gasteiger partial charge in [-0.1, -0.05) is 0 Å². The molecule has 3 aliphatic rings. The largest absolute Gasteiger partial charge is 0.491 e. The maximum Gasteiger partial charge on any atom is 0.325 e. The van der Waals surface area contributed by atoms with Crippen molar-refractivity contribution in [1.29, 1.82) is 0 Å². The van der Waals surface area contributed by atoms with Crippen molar-refractivity contribution >= 4 is 17.7 Å². The minimum absolute atomic E-state index is 0.0325. The zero-order valence-electron chi connectivity index (χ0n) is 15.3. The van der Waals surface area contributed by atoms with Crippen LogP contribution >= 0.6 is 0 Å². The number of aliphatic hydroxyl groups excluding tert-OH is 1. The Morgan fingerprint density at radius 1 is 1.22 bits per heavy atom. The number of hydrogen-bond donors (Lipinski definition) is 2. The fourth-order valence-electron chi connectivity index (χ4n) is 3.99. The Bertz CT molecular complexity index is 755. The number of ketones is 1. The van der Waals surface area contributed by atoms with Crippen molar-refractivity contribution in [3.8, 4) is 5.75 Å². The summed E-state index contributed by atoms with van der Waals surface area (Å²) in [4.78, 5) is 37.8. The summed E-state index contributed by atoms with van der Waals surface area (Å²) in [7, 11) is 0. The Labute approximate surface area is 157 Å². The van der Waals surface area contributed by atoms with Crippen LogP contribution in [-0.4, -0.2) is 52.5 Å². The van der Waals surface area contributed by atoms with Gasteiger partial charge in [-0.2, -0.15) is 0 Å². The average molecular weight is 372 g/mol. The number of ether oxygens (including phenoxy) is 1. The molecule has 7 nitrogen and oxygen atoms in total. The first-order valence-electron chi connectivity index (χ1n) is 9.48. The third kappa shape index (κ3) is 3.32. The number of carbonyl (C=O) groups is 3. The van der Waals surface area contributed by atoms with Gasteiger partial charge in [0.2, 0.25) is 0 Å². The van der Waals surface area contributed by atoms with E-state index in [0.717, 1.165) is 30.6 Å². The van der Waals surface area contributed by atoms with E-state index >= 15 is 0 Å². The van der Waals surface area contributed by atoms with E-state index in [-0.39, 0.29) is 36.7 Å². The van der Waals surface area contributed by atoms with Crippen LogP contribution in [0.2, 0.25) is 0 Å². The van der Waals surface area contributed by atoms with Crippen LogP contribution in [0.15, 0.2) is 24.3 Å². The molecule has 4 rings (SSSR count). The van der Waals surface area contributed by atoms with Gasteiger partial charge in [-0.25, -0.2) is 4.79 Å². The number of aliphatic hydroxyl groups is 1. The second-order valence-electron chi connectivity index (χ2n) is 7.81. The van der Waals surface area contributed by atoms with Crippen molar-refractivity contribution < 1.29 is 24.2 Å². The maximum atomic E-state index is 13.0. The van der Waals surface area contributed by atoms with Gasteiger partial charge in [0.1, 0.15) is 24.0 Å². The highest BCUT2D eigenvalue weighted by Gasteiger charge is 2.65. The van der Waals surface area contributed by atoms with Crippen LogP contribution < -0.4 is 10.1 Å². The zero-order valence-corrected chi connectivity index (χ0v) is 15.3. The van der Waals surface area contributed by atoms with E-state index in [0.29, 0.717) is 11.3 Å². The molecule has 3 amide bonds. The molecule has 1 unspecified atom stereocenters. The summed E-state index contributed by atoms with van der Waals surface area (Å²) >= 11 is 0. The van der Waals surface area contributed by atoms with Gasteiger partial charge in [-0.15, -0.1) is 0 Å². The van der Waals surface area contributed by atoms with E-state index in [9.17, 15) is 19.5 Å². The summed E-state index contributed by atoms with van der Waals surface area (Å²) < 4.78 is 5.52. The topological polar surface area (TPSA) is 95.9 Å². The fraction of sp³-hybridized carbons (Fsp3) is 0.550. The minimum Gasteiger partial charge on any atom is -0.491 e. The van der Waals surface area contributed by atoms with Crippen LogP contribution in [0.25, 0.3) is 0 Å². The van der Waals surface area contributed by atoms with E-state index in [2.05, 4.69) is 5.32 Å². The first kappa shape index (κ1) is 18.0. The highest BCUT2D eigenvalue weighted by atomic mass is 16.5. The Hall–Kier alpha value is -2.41. The van der Waals surface area contributed by atoms with Crippen molar-refractivity contribution in [1.82, 2.24) is 10.2 Å². The number of rotatable bonds is 8. The van der Waals surface area contributed by atoms with Crippen LogP contribution in [0.5, 0.6) is 5.75 Å². The second kappa shape index (κ2) is 6.64. The molecule has 0 spiro atoms. The average Bonchev–Trinajstić information content (AvgIpc) is 3.55. The fourth-order valence-corrected chi connectivity index (χ4v) is 3.99. The molecule has 1 aliphatic heterocycles. The summed E-state index contributed by atoms with van der Waals surface area (Å²) in [5, 5.41) is 13.2. The number of amides is 3. The first-order chi connectivity index (χ1) is 12.9. The third-order valence-electron chi connectivity index (χ3n) is 5.70. The quantitative estimate of drug-likeness (QED) is 0.535. The molecule has 0 bridgehead atoms. The van der Waals surface area contributed by atoms with E-state index in [1.807, 2.05) is 0 Å². The van der Waals surface area contributed by atoms with Crippen molar-refractivity contribution in [2.45, 2.75) is 44.2 Å². The van der Waals surface area contributed by atoms with Crippen molar-refractivity contribution in [3.63, 3.8) is 0 Å². The lowest BCUT2D eigenvalue weighted by atomic mass is 9.87. The summed E-state index contributed by atoms with van der Waals surface area (Å²) in [6, 6.07) is 6.20. The number of carbonyl (C=O) groups excluding carboxylic acids is 3. The van der Waals surface area contributed by atoms with Gasteiger partial charge < -0.3 is 15.2 Å². The van der Waals surface area contributed by atoms with Crippen LogP contribution in [0.3, 0.4) is 0 Å². The van der Waals surface area contributed by atoms with Gasteiger partial charge >= 0.3 is 6.03 Å². The number of hydrogen-bond acceptors (Lipinski definition) is 5. The molecule has 1 saturated heterocycles. The Morgan fingerprint density at radius 3 is 2.33 bits per heavy atom. The highest BCUT2D eigenvalue weighted by molar-refractivity contribution is 6.08. The molecular weight excluding hydrogens is 348 g/mol. The molecule has 1 aromatic rings. The number of Topliss-reactive ketones (excluding diaryl/α,β-unsaturated/α-hetero) is 1. The Balaban J connectivity index is 1.35. The van der Waals surface area contributed by atoms with E-state index in [4.69, 9.17) is 4.74 Å². The van der Waals surface area contributed by atoms with Crippen LogP contribution in [-0.2, 0) is 4.79 Å². The second-order valence-corrected chi connectivity index (χ2v) is 7.81. The number of nitrogens with one attached hydrogen (secondary N) is 1. The molecule has 1 aromatic carbocycles. The molecule has 1 atom stereocenters. The van der Waals surface area contributed by atoms with Crippen molar-refractivity contribution in [2.75, 3.05) is 13.2 Å². The molecule has 3 fully saturated rings. The Morgan fingerprint density at radius 2 is 1.81 bits per heavy atom. The molecule has 7 heteroatoms. The molecular formula is C20H24N2O5. The van der Waals surface area contributed by atoms with Gasteiger partial charge in [-0.3, -0.25) is 14.5 Å². The molecule has 144 valence electrons. The highest BCUT2D eigenvalue weighted by Crippen LogP contribution is 2.54. The third-order valence-corrected chi connectivity index (χ3v) is 5.70. The monoisotopic (exact) mass is 372 g/mol. The van der Waals surface area contributed by atoms with E-state index in [1.165, 1.54) is 6.92 Å². The van der Waals surface area contributed by atoms with Gasteiger partial charge in [-0.05, 0) is 68.7 Å². The smallest absolute Gasteiger partial charge is 0.325 e. The lowest BCUT2D eigenvalue weighted by Crippen LogP contribution is -2.51. The summed E-state index contributed by atoms with van der Waals surface area (Å²) in [6.45, 7) is 1.36. The van der Waals surface area contributed by atoms with Gasteiger partial charge in [0.25, 0.3) is 5.91 Å². The SMILES string of the molecule is CC(=O)c1ccc(OCC(O)CN2C(=O)NC(C3CC3)(C3CC3)C2=O)cc1. The van der Waals surface area contributed by atoms with Crippen molar-refractivity contribution in [2.24, 2.45) is 11.8 Å². The summed E-state index contributed by atoms with van der Waals surface area (Å²) in [5.74, 6) is 0.762. The standard InChI is InChI=1S/C20H24N2O5/c1-12(23)13-2-8-17(9-3-13)27-11-16(24)10-22-18(25)20(14-4-5-14,15-6-7-15)21-19(22)26/h2-3,8-9,14-16,24H,4-7,10-11H2,1H3,(H,21,26). The maximum absolute atomic E-state index is 13.0. The zero-order chi connectivity index (χ0) is 19.2. The molecule has 27 heavy (non-hydrogen) atoms. The predicted molar refractivity (Wildman–Crippen MR) is 96.4 cm³/mol. The van der Waals surface area contributed by atoms with Crippen molar-refractivity contribution in [3.05, 3.63) is 29.8 Å². The van der Waals surface area contributed by atoms with E-state index < -0.39 is 17.7 Å². The first-order valence-corrected chi connectivity index (χ1v) is 9.48. The lowest BCUT2D eigenvalue weighted by molar-refractivity contribution is -0.134. The summed E-state index contributed by atoms with van der Waals surface area (Å²) in [6.07, 6.45) is 2.90. The van der Waals surface area contributed by atoms with Crippen LogP contribution in [0.4, 0.5) is 4.79 Å². The molecule has 2 N–H and O–H groups in total.